The van der Waals surface area contributed by atoms with Gasteiger partial charge in [0.1, 0.15) is 34.4 Å². The van der Waals surface area contributed by atoms with Gasteiger partial charge in [-0.25, -0.2) is 13.8 Å². The number of nitrogens with one attached hydrogen (secondary N) is 1. The van der Waals surface area contributed by atoms with Crippen molar-refractivity contribution < 1.29 is 18.3 Å². The largest absolute Gasteiger partial charge is 0.456 e. The van der Waals surface area contributed by atoms with Gasteiger partial charge in [-0.1, -0.05) is 0 Å². The fourth-order valence-electron chi connectivity index (χ4n) is 1.99. The second kappa shape index (κ2) is 5.65. The molecule has 0 saturated heterocycles. The topological polar surface area (TPSA) is 75.0 Å². The molecule has 0 atom stereocenters. The van der Waals surface area contributed by atoms with Crippen molar-refractivity contribution >= 4 is 11.7 Å². The lowest BCUT2D eigenvalue weighted by molar-refractivity contribution is -0.119. The Morgan fingerprint density at radius 1 is 1.22 bits per heavy atom. The molecule has 1 aromatic heterocycles. The second-order valence-corrected chi connectivity index (χ2v) is 5.23. The third kappa shape index (κ3) is 3.26. The summed E-state index contributed by atoms with van der Waals surface area (Å²) in [6.45, 7) is 0. The standard InChI is InChI=1S/C16H11F2N3O2/c17-10-5-11(18)7-13(6-10)23-12-1-2-14(20-8-12)21-15(22)16(9-19)3-4-16/h1-2,5-8H,3-4H2,(H,20,21,22). The summed E-state index contributed by atoms with van der Waals surface area (Å²) in [5.41, 5.74) is -0.935. The van der Waals surface area contributed by atoms with Crippen LogP contribution >= 0.6 is 0 Å². The maximum atomic E-state index is 13.1. The number of nitrogens with zero attached hydrogens (tertiary/aromatic N) is 2. The Bertz CT molecular complexity index is 776. The summed E-state index contributed by atoms with van der Waals surface area (Å²) in [4.78, 5) is 15.9. The maximum absolute atomic E-state index is 13.1. The van der Waals surface area contributed by atoms with Crippen LogP contribution in [-0.2, 0) is 4.79 Å². The molecule has 1 aliphatic rings. The summed E-state index contributed by atoms with van der Waals surface area (Å²) in [6, 6.07) is 7.80. The van der Waals surface area contributed by atoms with Gasteiger partial charge in [0.15, 0.2) is 0 Å². The highest BCUT2D eigenvalue weighted by Crippen LogP contribution is 2.45. The Morgan fingerprint density at radius 3 is 2.43 bits per heavy atom. The monoisotopic (exact) mass is 315 g/mol. The first kappa shape index (κ1) is 14.9. The summed E-state index contributed by atoms with van der Waals surface area (Å²) >= 11 is 0. The van der Waals surface area contributed by atoms with Crippen molar-refractivity contribution in [1.82, 2.24) is 4.98 Å². The molecule has 0 aliphatic heterocycles. The van der Waals surface area contributed by atoms with Crippen LogP contribution in [0.4, 0.5) is 14.6 Å². The number of carbonyl (C=O) groups is 1. The highest BCUT2D eigenvalue weighted by molar-refractivity contribution is 5.98. The highest BCUT2D eigenvalue weighted by Gasteiger charge is 2.50. The van der Waals surface area contributed by atoms with E-state index in [-0.39, 0.29) is 23.2 Å². The van der Waals surface area contributed by atoms with Gasteiger partial charge in [0.2, 0.25) is 5.91 Å². The molecule has 0 unspecified atom stereocenters. The molecule has 2 aromatic rings. The van der Waals surface area contributed by atoms with Crippen molar-refractivity contribution in [3.63, 3.8) is 0 Å². The third-order valence-corrected chi connectivity index (χ3v) is 3.45. The molecular weight excluding hydrogens is 304 g/mol. The second-order valence-electron chi connectivity index (χ2n) is 5.23. The Hall–Kier alpha value is -3.01. The molecule has 1 aliphatic carbocycles. The van der Waals surface area contributed by atoms with Gasteiger partial charge in [-0.15, -0.1) is 0 Å². The van der Waals surface area contributed by atoms with Crippen LogP contribution in [0.15, 0.2) is 36.5 Å². The predicted octanol–water partition coefficient (Wildman–Crippen LogP) is 3.39. The number of aromatic nitrogens is 1. The molecule has 3 rings (SSSR count). The molecule has 116 valence electrons. The molecule has 1 amide bonds. The molecule has 0 radical (unpaired) electrons. The molecule has 7 heteroatoms. The molecular formula is C16H11F2N3O2. The van der Waals surface area contributed by atoms with Gasteiger partial charge in [0.05, 0.1) is 12.3 Å². The first-order valence-corrected chi connectivity index (χ1v) is 6.83. The Morgan fingerprint density at radius 2 is 1.91 bits per heavy atom. The molecule has 0 spiro atoms. The van der Waals surface area contributed by atoms with Gasteiger partial charge in [-0.3, -0.25) is 4.79 Å². The third-order valence-electron chi connectivity index (χ3n) is 3.45. The predicted molar refractivity (Wildman–Crippen MR) is 76.6 cm³/mol. The number of carbonyl (C=O) groups excluding carboxylic acids is 1. The van der Waals surface area contributed by atoms with Crippen molar-refractivity contribution in [2.45, 2.75) is 12.8 Å². The van der Waals surface area contributed by atoms with E-state index in [0.29, 0.717) is 12.8 Å². The number of hydrogen-bond acceptors (Lipinski definition) is 4. The molecule has 1 heterocycles. The molecule has 1 N–H and O–H groups in total. The zero-order valence-corrected chi connectivity index (χ0v) is 11.8. The molecule has 23 heavy (non-hydrogen) atoms. The fraction of sp³-hybridized carbons (Fsp3) is 0.188. The first-order valence-electron chi connectivity index (χ1n) is 6.83. The quantitative estimate of drug-likeness (QED) is 0.938. The van der Waals surface area contributed by atoms with Crippen molar-refractivity contribution in [2.24, 2.45) is 5.41 Å². The van der Waals surface area contributed by atoms with Gasteiger partial charge in [-0.2, -0.15) is 5.26 Å². The lowest BCUT2D eigenvalue weighted by Crippen LogP contribution is -2.23. The molecule has 1 aromatic carbocycles. The summed E-state index contributed by atoms with van der Waals surface area (Å²) in [5.74, 6) is -1.34. The van der Waals surface area contributed by atoms with Crippen LogP contribution in [0.5, 0.6) is 11.5 Å². The van der Waals surface area contributed by atoms with Crippen LogP contribution in [0.1, 0.15) is 12.8 Å². The van der Waals surface area contributed by atoms with Crippen molar-refractivity contribution in [2.75, 3.05) is 5.32 Å². The Balaban J connectivity index is 1.67. The van der Waals surface area contributed by atoms with Crippen LogP contribution < -0.4 is 10.1 Å². The number of ether oxygens (including phenoxy) is 1. The van der Waals surface area contributed by atoms with E-state index in [1.165, 1.54) is 18.3 Å². The van der Waals surface area contributed by atoms with Crippen molar-refractivity contribution in [3.05, 3.63) is 48.2 Å². The highest BCUT2D eigenvalue weighted by atomic mass is 19.1. The summed E-state index contributed by atoms with van der Waals surface area (Å²) < 4.78 is 31.5. The summed E-state index contributed by atoms with van der Waals surface area (Å²) in [7, 11) is 0. The van der Waals surface area contributed by atoms with Crippen LogP contribution in [0.3, 0.4) is 0 Å². The van der Waals surface area contributed by atoms with Crippen LogP contribution in [0.2, 0.25) is 0 Å². The number of rotatable bonds is 4. The smallest absolute Gasteiger partial charge is 0.246 e. The minimum atomic E-state index is -0.935. The van der Waals surface area contributed by atoms with Crippen LogP contribution in [0.25, 0.3) is 0 Å². The van der Waals surface area contributed by atoms with Crippen molar-refractivity contribution in [3.8, 4) is 17.6 Å². The number of benzene rings is 1. The number of amides is 1. The van der Waals surface area contributed by atoms with E-state index in [9.17, 15) is 13.6 Å². The molecule has 0 bridgehead atoms. The van der Waals surface area contributed by atoms with Gasteiger partial charge < -0.3 is 10.1 Å². The number of nitriles is 1. The van der Waals surface area contributed by atoms with E-state index < -0.39 is 17.0 Å². The average molecular weight is 315 g/mol. The van der Waals surface area contributed by atoms with E-state index in [4.69, 9.17) is 10.00 Å². The van der Waals surface area contributed by atoms with E-state index in [0.717, 1.165) is 18.2 Å². The van der Waals surface area contributed by atoms with Gasteiger partial charge >= 0.3 is 0 Å². The van der Waals surface area contributed by atoms with E-state index in [1.54, 1.807) is 0 Å². The summed E-state index contributed by atoms with van der Waals surface area (Å²) in [5, 5.41) is 11.5. The van der Waals surface area contributed by atoms with Gasteiger partial charge in [-0.05, 0) is 25.0 Å². The van der Waals surface area contributed by atoms with Crippen LogP contribution in [-0.4, -0.2) is 10.9 Å². The number of halogens is 2. The molecule has 5 nitrogen and oxygen atoms in total. The zero-order valence-electron chi connectivity index (χ0n) is 11.8. The fourth-order valence-corrected chi connectivity index (χ4v) is 1.99. The normalized spacial score (nSPS) is 14.7. The summed E-state index contributed by atoms with van der Waals surface area (Å²) in [6.07, 6.45) is 2.40. The van der Waals surface area contributed by atoms with E-state index >= 15 is 0 Å². The minimum Gasteiger partial charge on any atom is -0.456 e. The maximum Gasteiger partial charge on any atom is 0.246 e. The van der Waals surface area contributed by atoms with Crippen molar-refractivity contribution in [1.29, 1.82) is 5.26 Å². The minimum absolute atomic E-state index is 0.00231. The number of pyridine rings is 1. The lowest BCUT2D eigenvalue weighted by Gasteiger charge is -2.09. The number of anilines is 1. The van der Waals surface area contributed by atoms with E-state index in [2.05, 4.69) is 10.3 Å². The van der Waals surface area contributed by atoms with E-state index in [1.807, 2.05) is 6.07 Å². The average Bonchev–Trinajstić information content (AvgIpc) is 3.29. The number of hydrogen-bond donors (Lipinski definition) is 1. The molecule has 1 fully saturated rings. The van der Waals surface area contributed by atoms with Gasteiger partial charge in [0, 0.05) is 18.2 Å². The van der Waals surface area contributed by atoms with Crippen LogP contribution in [0, 0.1) is 28.4 Å². The lowest BCUT2D eigenvalue weighted by atomic mass is 10.1. The SMILES string of the molecule is N#CC1(C(=O)Nc2ccc(Oc3cc(F)cc(F)c3)cn2)CC1. The Kier molecular flexibility index (Phi) is 3.66. The molecule has 1 saturated carbocycles. The van der Waals surface area contributed by atoms with Gasteiger partial charge in [0.25, 0.3) is 0 Å². The Labute approximate surface area is 130 Å². The first-order chi connectivity index (χ1) is 11.0. The zero-order chi connectivity index (χ0) is 16.4.